The third-order valence-corrected chi connectivity index (χ3v) is 4.46. The Morgan fingerprint density at radius 1 is 1.14 bits per heavy atom. The van der Waals surface area contributed by atoms with Crippen molar-refractivity contribution >= 4 is 11.8 Å². The molecular formula is C21H19F3N2O3. The lowest BCUT2D eigenvalue weighted by Crippen LogP contribution is -2.17. The van der Waals surface area contributed by atoms with Crippen LogP contribution in [0.3, 0.4) is 0 Å². The van der Waals surface area contributed by atoms with Crippen molar-refractivity contribution in [3.63, 3.8) is 0 Å². The van der Waals surface area contributed by atoms with Gasteiger partial charge in [-0.1, -0.05) is 41.6 Å². The minimum atomic E-state index is -4.50. The number of amides is 1. The first-order valence-electron chi connectivity index (χ1n) is 8.84. The van der Waals surface area contributed by atoms with Crippen LogP contribution in [0.5, 0.6) is 0 Å². The van der Waals surface area contributed by atoms with Crippen LogP contribution in [0, 0.1) is 13.8 Å². The van der Waals surface area contributed by atoms with Crippen molar-refractivity contribution in [1.29, 1.82) is 0 Å². The molecule has 3 rings (SSSR count). The van der Waals surface area contributed by atoms with Crippen LogP contribution in [0.15, 0.2) is 53.1 Å². The lowest BCUT2D eigenvalue weighted by atomic mass is 10.0. The van der Waals surface area contributed by atoms with E-state index in [1.165, 1.54) is 12.1 Å². The van der Waals surface area contributed by atoms with Crippen molar-refractivity contribution in [3.05, 3.63) is 71.0 Å². The summed E-state index contributed by atoms with van der Waals surface area (Å²) in [5, 5.41) is 6.34. The Hall–Kier alpha value is -3.29. The minimum Gasteiger partial charge on any atom is -0.441 e. The molecule has 1 aromatic heterocycles. The molecule has 0 saturated carbocycles. The molecule has 0 aliphatic heterocycles. The molecule has 0 saturated heterocycles. The zero-order valence-electron chi connectivity index (χ0n) is 16.0. The summed E-state index contributed by atoms with van der Waals surface area (Å²) in [6, 6.07) is 12.1. The summed E-state index contributed by atoms with van der Waals surface area (Å²) in [5.41, 5.74) is 1.41. The van der Waals surface area contributed by atoms with Gasteiger partial charge in [0.1, 0.15) is 17.5 Å². The van der Waals surface area contributed by atoms with Gasteiger partial charge in [0.05, 0.1) is 5.56 Å². The van der Waals surface area contributed by atoms with Crippen molar-refractivity contribution in [2.75, 3.05) is 5.32 Å². The molecule has 2 aromatic carbocycles. The first-order chi connectivity index (χ1) is 13.7. The maximum absolute atomic E-state index is 13.0. The second kappa shape index (κ2) is 7.98. The number of ether oxygens (including phenoxy) is 1. The van der Waals surface area contributed by atoms with Crippen LogP contribution in [0.4, 0.5) is 23.7 Å². The van der Waals surface area contributed by atoms with E-state index in [9.17, 15) is 18.0 Å². The number of aromatic nitrogens is 1. The molecule has 0 aliphatic rings. The molecule has 3 aromatic rings. The number of rotatable bonds is 4. The van der Waals surface area contributed by atoms with Crippen molar-refractivity contribution < 1.29 is 27.2 Å². The topological polar surface area (TPSA) is 64.4 Å². The molecule has 0 fully saturated rings. The molecule has 5 nitrogen and oxygen atoms in total. The molecule has 1 N–H and O–H groups in total. The van der Waals surface area contributed by atoms with Crippen LogP contribution < -0.4 is 5.32 Å². The Bertz CT molecular complexity index is 1030. The van der Waals surface area contributed by atoms with E-state index in [0.717, 1.165) is 23.3 Å². The fourth-order valence-electron chi connectivity index (χ4n) is 2.96. The molecule has 1 atom stereocenters. The lowest BCUT2D eigenvalue weighted by molar-refractivity contribution is -0.137. The Balaban J connectivity index is 1.82. The summed E-state index contributed by atoms with van der Waals surface area (Å²) in [6.07, 6.45) is -5.78. The van der Waals surface area contributed by atoms with Gasteiger partial charge >= 0.3 is 12.3 Å². The molecular weight excluding hydrogens is 385 g/mol. The third-order valence-electron chi connectivity index (χ3n) is 4.46. The summed E-state index contributed by atoms with van der Waals surface area (Å²) < 4.78 is 49.5. The summed E-state index contributed by atoms with van der Waals surface area (Å²) >= 11 is 0. The summed E-state index contributed by atoms with van der Waals surface area (Å²) in [5.74, 6) is 0.248. The summed E-state index contributed by atoms with van der Waals surface area (Å²) in [4.78, 5) is 12.4. The number of carbonyl (C=O) groups excluding carboxylic acids is 1. The van der Waals surface area contributed by atoms with Crippen LogP contribution in [-0.4, -0.2) is 11.2 Å². The van der Waals surface area contributed by atoms with E-state index in [1.54, 1.807) is 13.8 Å². The highest BCUT2D eigenvalue weighted by Crippen LogP contribution is 2.35. The second-order valence-electron chi connectivity index (χ2n) is 6.57. The van der Waals surface area contributed by atoms with Crippen molar-refractivity contribution in [3.8, 4) is 11.3 Å². The van der Waals surface area contributed by atoms with Crippen LogP contribution in [0.1, 0.15) is 35.5 Å². The molecule has 0 aliphatic carbocycles. The fourth-order valence-corrected chi connectivity index (χ4v) is 2.96. The molecule has 152 valence electrons. The van der Waals surface area contributed by atoms with Crippen LogP contribution >= 0.6 is 0 Å². The number of hydrogen-bond donors (Lipinski definition) is 1. The largest absolute Gasteiger partial charge is 0.441 e. The molecule has 1 heterocycles. The average Bonchev–Trinajstić information content (AvgIpc) is 3.02. The highest BCUT2D eigenvalue weighted by atomic mass is 19.4. The van der Waals surface area contributed by atoms with Gasteiger partial charge in [0.2, 0.25) is 0 Å². The molecule has 1 unspecified atom stereocenters. The first kappa shape index (κ1) is 20.4. The molecule has 0 radical (unpaired) electrons. The van der Waals surface area contributed by atoms with E-state index in [0.29, 0.717) is 0 Å². The number of nitrogens with zero attached hydrogens (tertiary/aromatic N) is 1. The normalized spacial score (nSPS) is 12.5. The zero-order valence-corrected chi connectivity index (χ0v) is 16.0. The monoisotopic (exact) mass is 404 g/mol. The molecule has 1 amide bonds. The summed E-state index contributed by atoms with van der Waals surface area (Å²) in [6.45, 7) is 5.18. The summed E-state index contributed by atoms with van der Waals surface area (Å²) in [7, 11) is 0. The lowest BCUT2D eigenvalue weighted by Gasteiger charge is -2.16. The van der Waals surface area contributed by atoms with E-state index < -0.39 is 23.9 Å². The quantitative estimate of drug-likeness (QED) is 0.555. The van der Waals surface area contributed by atoms with Crippen molar-refractivity contribution in [1.82, 2.24) is 5.16 Å². The maximum Gasteiger partial charge on any atom is 0.416 e. The van der Waals surface area contributed by atoms with Crippen LogP contribution in [0.2, 0.25) is 0 Å². The van der Waals surface area contributed by atoms with Gasteiger partial charge in [-0.15, -0.1) is 0 Å². The van der Waals surface area contributed by atoms with Gasteiger partial charge in [-0.05, 0) is 44.0 Å². The Labute approximate surface area is 165 Å². The number of anilines is 1. The number of benzene rings is 2. The maximum atomic E-state index is 13.0. The predicted octanol–water partition coefficient (Wildman–Crippen LogP) is 6.29. The van der Waals surface area contributed by atoms with Gasteiger partial charge in [-0.2, -0.15) is 13.2 Å². The van der Waals surface area contributed by atoms with E-state index >= 15 is 0 Å². The number of carbonyl (C=O) groups is 1. The van der Waals surface area contributed by atoms with Crippen molar-refractivity contribution in [2.24, 2.45) is 0 Å². The van der Waals surface area contributed by atoms with E-state index in [1.807, 2.05) is 31.2 Å². The van der Waals surface area contributed by atoms with Crippen LogP contribution in [-0.2, 0) is 10.9 Å². The molecule has 0 spiro atoms. The van der Waals surface area contributed by atoms with E-state index in [-0.39, 0.29) is 22.7 Å². The third kappa shape index (κ3) is 4.59. The first-order valence-corrected chi connectivity index (χ1v) is 8.84. The van der Waals surface area contributed by atoms with Gasteiger partial charge < -0.3 is 9.26 Å². The molecule has 8 heteroatoms. The highest BCUT2D eigenvalue weighted by molar-refractivity contribution is 5.91. The van der Waals surface area contributed by atoms with E-state index in [4.69, 9.17) is 9.26 Å². The van der Waals surface area contributed by atoms with E-state index in [2.05, 4.69) is 10.5 Å². The Morgan fingerprint density at radius 2 is 1.86 bits per heavy atom. The Kier molecular flexibility index (Phi) is 5.63. The van der Waals surface area contributed by atoms with Gasteiger partial charge in [-0.25, -0.2) is 4.79 Å². The number of hydrogen-bond acceptors (Lipinski definition) is 4. The number of nitrogens with one attached hydrogen (secondary N) is 1. The molecule has 0 bridgehead atoms. The molecule has 29 heavy (non-hydrogen) atoms. The minimum absolute atomic E-state index is 0.0918. The highest BCUT2D eigenvalue weighted by Gasteiger charge is 2.31. The number of halogens is 3. The number of aryl methyl sites for hydroxylation is 2. The standard InChI is InChI=1S/C21H19F3N2O3/c1-12-7-4-5-10-17(12)13(2)28-20(27)25-18-14(3)29-26-19(18)15-8-6-9-16(11-15)21(22,23)24/h4-11,13H,1-3H3,(H,25,27). The zero-order chi connectivity index (χ0) is 21.2. The second-order valence-corrected chi connectivity index (χ2v) is 6.57. The number of alkyl halides is 3. The van der Waals surface area contributed by atoms with Gasteiger partial charge in [0.25, 0.3) is 0 Å². The van der Waals surface area contributed by atoms with Gasteiger partial charge in [0.15, 0.2) is 5.76 Å². The van der Waals surface area contributed by atoms with Crippen LogP contribution in [0.25, 0.3) is 11.3 Å². The SMILES string of the molecule is Cc1ccccc1C(C)OC(=O)Nc1c(-c2cccc(C(F)(F)F)c2)noc1C. The fraction of sp³-hybridized carbons (Fsp3) is 0.238. The van der Waals surface area contributed by atoms with Gasteiger partial charge in [-0.3, -0.25) is 5.32 Å². The average molecular weight is 404 g/mol. The predicted molar refractivity (Wildman–Crippen MR) is 101 cm³/mol. The van der Waals surface area contributed by atoms with Crippen molar-refractivity contribution in [2.45, 2.75) is 33.1 Å². The smallest absolute Gasteiger partial charge is 0.416 e. The Morgan fingerprint density at radius 3 is 2.55 bits per heavy atom. The van der Waals surface area contributed by atoms with Gasteiger partial charge in [0, 0.05) is 5.56 Å².